The lowest BCUT2D eigenvalue weighted by molar-refractivity contribution is 0.312. The van der Waals surface area contributed by atoms with Gasteiger partial charge in [0.2, 0.25) is 0 Å². The molecule has 0 bridgehead atoms. The number of pyridine rings is 2. The van der Waals surface area contributed by atoms with Gasteiger partial charge in [-0.15, -0.1) is 0 Å². The molecule has 0 amide bonds. The average molecular weight is 485 g/mol. The normalized spacial score (nSPS) is 17.3. The highest BCUT2D eigenvalue weighted by Crippen LogP contribution is 2.39. The number of piperazine rings is 1. The molecule has 3 aromatic rings. The van der Waals surface area contributed by atoms with Crippen LogP contribution in [0.3, 0.4) is 0 Å². The number of aromatic nitrogens is 2. The second-order valence-electron chi connectivity index (χ2n) is 8.84. The van der Waals surface area contributed by atoms with Crippen LogP contribution in [0.1, 0.15) is 18.5 Å². The lowest BCUT2D eigenvalue weighted by atomic mass is 10.0. The fraction of sp³-hybridized carbons (Fsp3) is 0.360. The van der Waals surface area contributed by atoms with Crippen LogP contribution in [0, 0.1) is 11.6 Å². The van der Waals surface area contributed by atoms with Gasteiger partial charge in [-0.25, -0.2) is 18.7 Å². The largest absolute Gasteiger partial charge is 0.367 e. The molecule has 4 heterocycles. The molecule has 1 atom stereocenters. The number of fused-ring (bicyclic) bond motifs is 1. The molecule has 0 radical (unpaired) electrons. The van der Waals surface area contributed by atoms with E-state index in [1.54, 1.807) is 0 Å². The van der Waals surface area contributed by atoms with E-state index in [0.717, 1.165) is 60.9 Å². The number of hydrogen-bond donors (Lipinski definition) is 1. The topological polar surface area (TPSA) is 47.5 Å². The number of likely N-dealkylation sites (N-methyl/N-ethyl adjacent to an activating group) is 1. The molecule has 1 unspecified atom stereocenters. The van der Waals surface area contributed by atoms with Gasteiger partial charge >= 0.3 is 0 Å². The van der Waals surface area contributed by atoms with Crippen LogP contribution in [-0.2, 0) is 0 Å². The van der Waals surface area contributed by atoms with E-state index >= 15 is 0 Å². The van der Waals surface area contributed by atoms with Crippen LogP contribution in [0.2, 0.25) is 5.02 Å². The summed E-state index contributed by atoms with van der Waals surface area (Å²) in [5, 5.41) is 3.11. The first-order chi connectivity index (χ1) is 16.4. The maximum Gasteiger partial charge on any atom is 0.149 e. The Hall–Kier alpha value is -2.97. The van der Waals surface area contributed by atoms with Crippen molar-refractivity contribution < 1.29 is 8.78 Å². The molecule has 34 heavy (non-hydrogen) atoms. The molecule has 0 aliphatic carbocycles. The van der Waals surface area contributed by atoms with Crippen molar-refractivity contribution in [2.45, 2.75) is 13.0 Å². The van der Waals surface area contributed by atoms with E-state index in [0.29, 0.717) is 18.9 Å². The maximum absolute atomic E-state index is 14.6. The highest BCUT2D eigenvalue weighted by molar-refractivity contribution is 6.31. The summed E-state index contributed by atoms with van der Waals surface area (Å²) in [6.07, 6.45) is 3.67. The summed E-state index contributed by atoms with van der Waals surface area (Å²) < 4.78 is 28.7. The Kier molecular flexibility index (Phi) is 6.27. The fourth-order valence-electron chi connectivity index (χ4n) is 4.64. The van der Waals surface area contributed by atoms with Crippen LogP contribution in [0.25, 0.3) is 11.1 Å². The van der Waals surface area contributed by atoms with E-state index in [-0.39, 0.29) is 10.6 Å². The van der Waals surface area contributed by atoms with Crippen molar-refractivity contribution in [2.75, 3.05) is 61.4 Å². The zero-order valence-electron chi connectivity index (χ0n) is 19.2. The molecular formula is C25H27ClF2N6. The van der Waals surface area contributed by atoms with Crippen LogP contribution in [0.5, 0.6) is 0 Å². The molecule has 2 aromatic heterocycles. The molecule has 2 aliphatic heterocycles. The standard InChI is InChI=1S/C25H27ClF2N6/c1-16(23-19(27)4-5-20(28)24(23)26)34-8-7-29-25-21(34)13-18(15-31-25)17-3-6-22(30-14-17)33-11-9-32(2)10-12-33/h3-6,13-16H,7-12H2,1-2H3,(H,29,31). The van der Waals surface area contributed by atoms with Crippen LogP contribution < -0.4 is 15.1 Å². The molecule has 178 valence electrons. The van der Waals surface area contributed by atoms with Crippen LogP contribution in [-0.4, -0.2) is 61.2 Å². The third-order valence-electron chi connectivity index (χ3n) is 6.70. The Bertz CT molecular complexity index is 1180. The first kappa shape index (κ1) is 22.8. The van der Waals surface area contributed by atoms with E-state index in [2.05, 4.69) is 33.2 Å². The maximum atomic E-state index is 14.6. The van der Waals surface area contributed by atoms with E-state index < -0.39 is 17.7 Å². The minimum atomic E-state index is -0.626. The number of halogens is 3. The molecule has 0 spiro atoms. The molecule has 5 rings (SSSR count). The minimum Gasteiger partial charge on any atom is -0.367 e. The molecule has 1 aromatic carbocycles. The molecule has 9 heteroatoms. The average Bonchev–Trinajstić information content (AvgIpc) is 2.86. The van der Waals surface area contributed by atoms with E-state index in [9.17, 15) is 8.78 Å². The van der Waals surface area contributed by atoms with Crippen molar-refractivity contribution in [3.8, 4) is 11.1 Å². The summed E-state index contributed by atoms with van der Waals surface area (Å²) in [6, 6.07) is 7.82. The van der Waals surface area contributed by atoms with Gasteiger partial charge in [-0.2, -0.15) is 0 Å². The highest BCUT2D eigenvalue weighted by Gasteiger charge is 2.28. The van der Waals surface area contributed by atoms with Crippen molar-refractivity contribution in [3.05, 3.63) is 64.9 Å². The Morgan fingerprint density at radius 2 is 1.68 bits per heavy atom. The van der Waals surface area contributed by atoms with Crippen LogP contribution in [0.4, 0.5) is 26.1 Å². The zero-order chi connectivity index (χ0) is 23.8. The number of nitrogens with zero attached hydrogens (tertiary/aromatic N) is 5. The summed E-state index contributed by atoms with van der Waals surface area (Å²) in [5.41, 5.74) is 2.82. The van der Waals surface area contributed by atoms with Crippen LogP contribution >= 0.6 is 11.6 Å². The van der Waals surface area contributed by atoms with E-state index in [4.69, 9.17) is 16.6 Å². The number of anilines is 3. The number of benzene rings is 1. The van der Waals surface area contributed by atoms with Gasteiger partial charge in [0.05, 0.1) is 16.8 Å². The van der Waals surface area contributed by atoms with Crippen molar-refractivity contribution in [2.24, 2.45) is 0 Å². The van der Waals surface area contributed by atoms with Gasteiger partial charge in [0.1, 0.15) is 23.3 Å². The summed E-state index contributed by atoms with van der Waals surface area (Å²) >= 11 is 6.17. The molecular weight excluding hydrogens is 458 g/mol. The van der Waals surface area contributed by atoms with E-state index in [1.807, 2.05) is 36.4 Å². The van der Waals surface area contributed by atoms with E-state index in [1.165, 1.54) is 0 Å². The van der Waals surface area contributed by atoms with Gasteiger partial charge in [-0.05, 0) is 44.3 Å². The quantitative estimate of drug-likeness (QED) is 0.536. The Morgan fingerprint density at radius 1 is 0.941 bits per heavy atom. The fourth-order valence-corrected chi connectivity index (χ4v) is 4.96. The predicted molar refractivity (Wildman–Crippen MR) is 133 cm³/mol. The predicted octanol–water partition coefficient (Wildman–Crippen LogP) is 4.82. The molecule has 0 saturated carbocycles. The van der Waals surface area contributed by atoms with Crippen molar-refractivity contribution in [1.82, 2.24) is 14.9 Å². The summed E-state index contributed by atoms with van der Waals surface area (Å²) in [4.78, 5) is 15.9. The third kappa shape index (κ3) is 4.28. The van der Waals surface area contributed by atoms with Gasteiger partial charge < -0.3 is 20.0 Å². The van der Waals surface area contributed by atoms with Gasteiger partial charge in [0.15, 0.2) is 0 Å². The summed E-state index contributed by atoms with van der Waals surface area (Å²) in [7, 11) is 2.13. The Morgan fingerprint density at radius 3 is 2.41 bits per heavy atom. The molecule has 1 fully saturated rings. The number of rotatable bonds is 4. The SMILES string of the molecule is CC(c1c(F)ccc(F)c1Cl)N1CCNc2ncc(-c3ccc(N4CCN(C)CC4)nc3)cc21. The second kappa shape index (κ2) is 9.35. The summed E-state index contributed by atoms with van der Waals surface area (Å²) in [5.74, 6) is 0.526. The molecule has 6 nitrogen and oxygen atoms in total. The van der Waals surface area contributed by atoms with Gasteiger partial charge in [0.25, 0.3) is 0 Å². The molecule has 1 saturated heterocycles. The Balaban J connectivity index is 1.44. The number of hydrogen-bond acceptors (Lipinski definition) is 6. The monoisotopic (exact) mass is 484 g/mol. The number of nitrogens with one attached hydrogen (secondary N) is 1. The molecule has 2 aliphatic rings. The van der Waals surface area contributed by atoms with Crippen molar-refractivity contribution in [1.29, 1.82) is 0 Å². The van der Waals surface area contributed by atoms with Gasteiger partial charge in [-0.1, -0.05) is 11.6 Å². The second-order valence-corrected chi connectivity index (χ2v) is 9.22. The third-order valence-corrected chi connectivity index (χ3v) is 7.08. The first-order valence-corrected chi connectivity index (χ1v) is 11.8. The summed E-state index contributed by atoms with van der Waals surface area (Å²) in [6.45, 7) is 7.04. The first-order valence-electron chi connectivity index (χ1n) is 11.5. The highest BCUT2D eigenvalue weighted by atomic mass is 35.5. The van der Waals surface area contributed by atoms with Gasteiger partial charge in [-0.3, -0.25) is 0 Å². The molecule has 1 N–H and O–H groups in total. The lowest BCUT2D eigenvalue weighted by Gasteiger charge is -2.37. The van der Waals surface area contributed by atoms with Crippen molar-refractivity contribution in [3.63, 3.8) is 0 Å². The zero-order valence-corrected chi connectivity index (χ0v) is 20.0. The minimum absolute atomic E-state index is 0.151. The Labute approximate surface area is 203 Å². The van der Waals surface area contributed by atoms with Gasteiger partial charge in [0, 0.05) is 68.4 Å². The van der Waals surface area contributed by atoms with Crippen molar-refractivity contribution >= 4 is 28.9 Å². The lowest BCUT2D eigenvalue weighted by Crippen LogP contribution is -2.44. The van der Waals surface area contributed by atoms with Crippen LogP contribution in [0.15, 0.2) is 42.7 Å². The smallest absolute Gasteiger partial charge is 0.149 e.